The molecule has 19 heavy (non-hydrogen) atoms. The van der Waals surface area contributed by atoms with E-state index in [1.54, 1.807) is 13.8 Å². The minimum absolute atomic E-state index is 0.00768. The normalized spacial score (nSPS) is 14.7. The third-order valence-electron chi connectivity index (χ3n) is 2.86. The lowest BCUT2D eigenvalue weighted by atomic mass is 10.0. The second kappa shape index (κ2) is 5.88. The van der Waals surface area contributed by atoms with Crippen LogP contribution in [0.25, 0.3) is 0 Å². The van der Waals surface area contributed by atoms with E-state index in [-0.39, 0.29) is 22.1 Å². The van der Waals surface area contributed by atoms with E-state index >= 15 is 0 Å². The predicted molar refractivity (Wildman–Crippen MR) is 72.3 cm³/mol. The lowest BCUT2D eigenvalue weighted by Crippen LogP contribution is -2.48. The molecule has 1 atom stereocenters. The standard InChI is InChI=1S/C12H15ClN2O3S/c1-3-12(2,8-16)15-19(17,18)11-6-10(13)5-4-9(11)7-14/h4-6,15-16H,3,8H2,1-2H3. The van der Waals surface area contributed by atoms with E-state index < -0.39 is 15.6 Å². The number of nitrogens with one attached hydrogen (secondary N) is 1. The molecule has 104 valence electrons. The van der Waals surface area contributed by atoms with Crippen molar-refractivity contribution in [2.75, 3.05) is 6.61 Å². The molecule has 0 fully saturated rings. The molecule has 0 aliphatic heterocycles. The van der Waals surface area contributed by atoms with Crippen LogP contribution in [0.15, 0.2) is 23.1 Å². The summed E-state index contributed by atoms with van der Waals surface area (Å²) in [4.78, 5) is -0.185. The third kappa shape index (κ3) is 3.67. The molecular weight excluding hydrogens is 288 g/mol. The van der Waals surface area contributed by atoms with Crippen molar-refractivity contribution < 1.29 is 13.5 Å². The number of sulfonamides is 1. The van der Waals surface area contributed by atoms with Crippen molar-refractivity contribution in [3.63, 3.8) is 0 Å². The second-order valence-electron chi connectivity index (χ2n) is 4.43. The zero-order chi connectivity index (χ0) is 14.7. The Bertz CT molecular complexity index is 604. The Morgan fingerprint density at radius 2 is 2.16 bits per heavy atom. The molecule has 0 saturated carbocycles. The summed E-state index contributed by atoms with van der Waals surface area (Å²) in [6.07, 6.45) is 0.408. The quantitative estimate of drug-likeness (QED) is 0.865. The summed E-state index contributed by atoms with van der Waals surface area (Å²) in [6.45, 7) is 2.99. The van der Waals surface area contributed by atoms with Crippen LogP contribution in [0.2, 0.25) is 5.02 Å². The fourth-order valence-electron chi connectivity index (χ4n) is 1.41. The van der Waals surface area contributed by atoms with Crippen molar-refractivity contribution in [2.45, 2.75) is 30.7 Å². The van der Waals surface area contributed by atoms with E-state index in [4.69, 9.17) is 16.9 Å². The van der Waals surface area contributed by atoms with Gasteiger partial charge in [0.1, 0.15) is 11.0 Å². The highest BCUT2D eigenvalue weighted by Crippen LogP contribution is 2.22. The van der Waals surface area contributed by atoms with Crippen molar-refractivity contribution in [3.8, 4) is 6.07 Å². The molecule has 0 heterocycles. The molecule has 0 spiro atoms. The maximum absolute atomic E-state index is 12.3. The van der Waals surface area contributed by atoms with E-state index in [2.05, 4.69) is 4.72 Å². The Hall–Kier alpha value is -1.13. The Balaban J connectivity index is 3.29. The van der Waals surface area contributed by atoms with Crippen molar-refractivity contribution in [2.24, 2.45) is 0 Å². The number of hydrogen-bond donors (Lipinski definition) is 2. The van der Waals surface area contributed by atoms with E-state index in [0.717, 1.165) is 0 Å². The first-order chi connectivity index (χ1) is 8.78. The predicted octanol–water partition coefficient (Wildman–Crippen LogP) is 1.65. The number of nitrogens with zero attached hydrogens (tertiary/aromatic N) is 1. The Morgan fingerprint density at radius 3 is 2.63 bits per heavy atom. The van der Waals surface area contributed by atoms with Crippen LogP contribution in [0, 0.1) is 11.3 Å². The van der Waals surface area contributed by atoms with Gasteiger partial charge in [0.05, 0.1) is 17.7 Å². The SMILES string of the molecule is CCC(C)(CO)NS(=O)(=O)c1cc(Cl)ccc1C#N. The summed E-state index contributed by atoms with van der Waals surface area (Å²) in [5, 5.41) is 18.4. The molecule has 0 aliphatic carbocycles. The van der Waals surface area contributed by atoms with Gasteiger partial charge in [-0.05, 0) is 31.5 Å². The van der Waals surface area contributed by atoms with E-state index in [9.17, 15) is 13.5 Å². The molecule has 2 N–H and O–H groups in total. The summed E-state index contributed by atoms with van der Waals surface area (Å²) in [5.41, 5.74) is -0.971. The van der Waals surface area contributed by atoms with Crippen LogP contribution in [0.1, 0.15) is 25.8 Å². The lowest BCUT2D eigenvalue weighted by molar-refractivity contribution is 0.191. The Morgan fingerprint density at radius 1 is 1.53 bits per heavy atom. The topological polar surface area (TPSA) is 90.2 Å². The van der Waals surface area contributed by atoms with Crippen LogP contribution >= 0.6 is 11.6 Å². The molecule has 0 bridgehead atoms. The first kappa shape index (κ1) is 15.9. The molecule has 0 saturated heterocycles. The fraction of sp³-hybridized carbons (Fsp3) is 0.417. The highest BCUT2D eigenvalue weighted by Gasteiger charge is 2.30. The van der Waals surface area contributed by atoms with E-state index in [0.29, 0.717) is 6.42 Å². The number of benzene rings is 1. The largest absolute Gasteiger partial charge is 0.394 e. The van der Waals surface area contributed by atoms with Gasteiger partial charge in [-0.2, -0.15) is 5.26 Å². The summed E-state index contributed by atoms with van der Waals surface area (Å²) in [5.74, 6) is 0. The molecule has 1 unspecified atom stereocenters. The molecule has 1 aromatic carbocycles. The molecule has 1 rings (SSSR count). The molecule has 1 aromatic rings. The molecule has 0 aromatic heterocycles. The Labute approximate surface area is 117 Å². The van der Waals surface area contributed by atoms with Crippen molar-refractivity contribution in [3.05, 3.63) is 28.8 Å². The van der Waals surface area contributed by atoms with Crippen LogP contribution < -0.4 is 4.72 Å². The van der Waals surface area contributed by atoms with E-state index in [1.807, 2.05) is 6.07 Å². The van der Waals surface area contributed by atoms with Gasteiger partial charge in [0.2, 0.25) is 10.0 Å². The van der Waals surface area contributed by atoms with Crippen molar-refractivity contribution in [1.82, 2.24) is 4.72 Å². The molecule has 0 amide bonds. The Kier molecular flexibility index (Phi) is 4.93. The highest BCUT2D eigenvalue weighted by atomic mass is 35.5. The lowest BCUT2D eigenvalue weighted by Gasteiger charge is -2.27. The number of nitriles is 1. The molecule has 0 aliphatic rings. The molecular formula is C12H15ClN2O3S. The summed E-state index contributed by atoms with van der Waals surface area (Å²) >= 11 is 5.77. The smallest absolute Gasteiger partial charge is 0.242 e. The van der Waals surface area contributed by atoms with Gasteiger partial charge >= 0.3 is 0 Å². The third-order valence-corrected chi connectivity index (χ3v) is 4.78. The second-order valence-corrected chi connectivity index (χ2v) is 6.52. The molecule has 0 radical (unpaired) electrons. The number of aliphatic hydroxyl groups excluding tert-OH is 1. The van der Waals surface area contributed by atoms with Crippen molar-refractivity contribution in [1.29, 1.82) is 5.26 Å². The monoisotopic (exact) mass is 302 g/mol. The first-order valence-corrected chi connectivity index (χ1v) is 7.48. The van der Waals surface area contributed by atoms with Crippen molar-refractivity contribution >= 4 is 21.6 Å². The summed E-state index contributed by atoms with van der Waals surface area (Å²) in [6, 6.07) is 5.82. The molecule has 5 nitrogen and oxygen atoms in total. The van der Waals surface area contributed by atoms with Crippen LogP contribution in [-0.4, -0.2) is 25.7 Å². The number of hydrogen-bond acceptors (Lipinski definition) is 4. The number of halogens is 1. The van der Waals surface area contributed by atoms with Gasteiger partial charge in [-0.1, -0.05) is 18.5 Å². The zero-order valence-corrected chi connectivity index (χ0v) is 12.2. The van der Waals surface area contributed by atoms with Gasteiger partial charge in [-0.25, -0.2) is 13.1 Å². The minimum atomic E-state index is -3.92. The van der Waals surface area contributed by atoms with Crippen LogP contribution in [-0.2, 0) is 10.0 Å². The average molecular weight is 303 g/mol. The summed E-state index contributed by atoms with van der Waals surface area (Å²) < 4.78 is 26.9. The highest BCUT2D eigenvalue weighted by molar-refractivity contribution is 7.89. The zero-order valence-electron chi connectivity index (χ0n) is 10.6. The van der Waals surface area contributed by atoms with Gasteiger partial charge in [0, 0.05) is 5.02 Å². The van der Waals surface area contributed by atoms with Crippen LogP contribution in [0.5, 0.6) is 0 Å². The fourth-order valence-corrected chi connectivity index (χ4v) is 3.30. The van der Waals surface area contributed by atoms with Gasteiger partial charge in [-0.15, -0.1) is 0 Å². The van der Waals surface area contributed by atoms with Gasteiger partial charge in [-0.3, -0.25) is 0 Å². The number of rotatable bonds is 5. The first-order valence-electron chi connectivity index (χ1n) is 5.62. The van der Waals surface area contributed by atoms with E-state index in [1.165, 1.54) is 18.2 Å². The maximum atomic E-state index is 12.3. The average Bonchev–Trinajstić information content (AvgIpc) is 2.38. The van der Waals surface area contributed by atoms with Crippen LogP contribution in [0.4, 0.5) is 0 Å². The summed E-state index contributed by atoms with van der Waals surface area (Å²) in [7, 11) is -3.92. The minimum Gasteiger partial charge on any atom is -0.394 e. The van der Waals surface area contributed by atoms with Crippen LogP contribution in [0.3, 0.4) is 0 Å². The van der Waals surface area contributed by atoms with Gasteiger partial charge < -0.3 is 5.11 Å². The number of aliphatic hydroxyl groups is 1. The van der Waals surface area contributed by atoms with Gasteiger partial charge in [0.25, 0.3) is 0 Å². The molecule has 7 heteroatoms. The van der Waals surface area contributed by atoms with Gasteiger partial charge in [0.15, 0.2) is 0 Å². The maximum Gasteiger partial charge on any atom is 0.242 e.